The molecule has 0 bridgehead atoms. The summed E-state index contributed by atoms with van der Waals surface area (Å²) in [5, 5.41) is 12.5. The van der Waals surface area contributed by atoms with E-state index in [0.29, 0.717) is 22.4 Å². The van der Waals surface area contributed by atoms with E-state index in [2.05, 4.69) is 5.32 Å². The van der Waals surface area contributed by atoms with Crippen LogP contribution in [0.1, 0.15) is 40.9 Å². The monoisotopic (exact) mass is 320 g/mol. The van der Waals surface area contributed by atoms with Crippen molar-refractivity contribution >= 4 is 11.5 Å². The second-order valence-electron chi connectivity index (χ2n) is 6.57. The summed E-state index contributed by atoms with van der Waals surface area (Å²) >= 11 is 0. The molecule has 0 saturated heterocycles. The van der Waals surface area contributed by atoms with Crippen LogP contribution < -0.4 is 5.32 Å². The number of carbonyl (C=O) groups is 1. The minimum absolute atomic E-state index is 0.244. The number of rotatable bonds is 2. The van der Waals surface area contributed by atoms with E-state index in [9.17, 15) is 9.18 Å². The molecule has 0 radical (unpaired) electrons. The number of nitrogens with one attached hydrogen (secondary N) is 1. The summed E-state index contributed by atoms with van der Waals surface area (Å²) in [5.74, 6) is -0.617. The van der Waals surface area contributed by atoms with Gasteiger partial charge in [0, 0.05) is 28.4 Å². The molecule has 24 heavy (non-hydrogen) atoms. The number of allylic oxidation sites excluding steroid dienone is 1. The van der Waals surface area contributed by atoms with E-state index in [1.807, 2.05) is 19.9 Å². The third-order valence-corrected chi connectivity index (χ3v) is 4.06. The average molecular weight is 320 g/mol. The van der Waals surface area contributed by atoms with Crippen molar-refractivity contribution in [3.63, 3.8) is 0 Å². The minimum Gasteiger partial charge on any atom is -0.379 e. The van der Waals surface area contributed by atoms with Gasteiger partial charge in [-0.1, -0.05) is 18.2 Å². The highest BCUT2D eigenvalue weighted by Crippen LogP contribution is 2.30. The predicted molar refractivity (Wildman–Crippen MR) is 90.8 cm³/mol. The Balaban J connectivity index is 2.08. The van der Waals surface area contributed by atoms with E-state index >= 15 is 0 Å². The van der Waals surface area contributed by atoms with Gasteiger partial charge in [-0.2, -0.15) is 5.26 Å². The number of benzene rings is 2. The lowest BCUT2D eigenvalue weighted by molar-refractivity contribution is 0.104. The molecule has 1 N–H and O–H groups in total. The Labute approximate surface area is 140 Å². The van der Waals surface area contributed by atoms with Gasteiger partial charge in [-0.3, -0.25) is 4.79 Å². The molecule has 1 aliphatic rings. The summed E-state index contributed by atoms with van der Waals surface area (Å²) in [5.41, 5.74) is 2.69. The standard InChI is InChI=1S/C20H17FN2O/c1-20(2)11-13-7-8-15(21)9-17(13)18(23-20)10-19(24)16-6-4-3-5-14(16)12-22/h3-10,23H,11H2,1-2H3/b18-10-. The lowest BCUT2D eigenvalue weighted by Gasteiger charge is -2.35. The molecule has 1 heterocycles. The van der Waals surface area contributed by atoms with Crippen LogP contribution in [-0.2, 0) is 6.42 Å². The number of nitrogens with zero attached hydrogens (tertiary/aromatic N) is 1. The molecule has 4 heteroatoms. The highest BCUT2D eigenvalue weighted by atomic mass is 19.1. The molecule has 3 nitrogen and oxygen atoms in total. The molecule has 0 atom stereocenters. The van der Waals surface area contributed by atoms with Crippen LogP contribution in [0.5, 0.6) is 0 Å². The fraction of sp³-hybridized carbons (Fsp3) is 0.200. The molecule has 3 rings (SSSR count). The van der Waals surface area contributed by atoms with E-state index in [0.717, 1.165) is 12.0 Å². The van der Waals surface area contributed by atoms with Gasteiger partial charge in [0.15, 0.2) is 5.78 Å². The van der Waals surface area contributed by atoms with Crippen molar-refractivity contribution in [1.82, 2.24) is 5.32 Å². The largest absolute Gasteiger partial charge is 0.379 e. The Morgan fingerprint density at radius 3 is 2.79 bits per heavy atom. The molecule has 2 aromatic rings. The Kier molecular flexibility index (Phi) is 3.94. The number of fused-ring (bicyclic) bond motifs is 1. The summed E-state index contributed by atoms with van der Waals surface area (Å²) in [4.78, 5) is 12.6. The third kappa shape index (κ3) is 3.07. The number of hydrogen-bond acceptors (Lipinski definition) is 3. The molecule has 120 valence electrons. The second-order valence-corrected chi connectivity index (χ2v) is 6.57. The molecule has 0 aromatic heterocycles. The number of nitriles is 1. The number of hydrogen-bond donors (Lipinski definition) is 1. The maximum absolute atomic E-state index is 13.7. The molecule has 0 spiro atoms. The lowest BCUT2D eigenvalue weighted by atomic mass is 9.85. The molecule has 0 aliphatic carbocycles. The molecule has 0 unspecified atom stereocenters. The van der Waals surface area contributed by atoms with Crippen LogP contribution in [0.25, 0.3) is 5.70 Å². The van der Waals surface area contributed by atoms with E-state index in [1.165, 1.54) is 18.2 Å². The Bertz CT molecular complexity index is 891. The first-order valence-corrected chi connectivity index (χ1v) is 7.72. The molecular formula is C20H17FN2O. The molecular weight excluding hydrogens is 303 g/mol. The first-order chi connectivity index (χ1) is 11.4. The topological polar surface area (TPSA) is 52.9 Å². The van der Waals surface area contributed by atoms with Gasteiger partial charge in [0.2, 0.25) is 0 Å². The zero-order valence-electron chi connectivity index (χ0n) is 13.6. The lowest BCUT2D eigenvalue weighted by Crippen LogP contribution is -2.43. The number of ketones is 1. The summed E-state index contributed by atoms with van der Waals surface area (Å²) in [6.45, 7) is 4.06. The number of carbonyl (C=O) groups excluding carboxylic acids is 1. The van der Waals surface area contributed by atoms with Gasteiger partial charge < -0.3 is 5.32 Å². The molecule has 1 aliphatic heterocycles. The Hall–Kier alpha value is -2.93. The van der Waals surface area contributed by atoms with E-state index in [4.69, 9.17) is 5.26 Å². The van der Waals surface area contributed by atoms with Crippen molar-refractivity contribution in [3.8, 4) is 6.07 Å². The first kappa shape index (κ1) is 15.9. The quantitative estimate of drug-likeness (QED) is 0.675. The maximum Gasteiger partial charge on any atom is 0.189 e. The van der Waals surface area contributed by atoms with Crippen LogP contribution in [0, 0.1) is 17.1 Å². The fourth-order valence-corrected chi connectivity index (χ4v) is 3.02. The van der Waals surface area contributed by atoms with Crippen molar-refractivity contribution < 1.29 is 9.18 Å². The highest BCUT2D eigenvalue weighted by Gasteiger charge is 2.28. The van der Waals surface area contributed by atoms with Gasteiger partial charge >= 0.3 is 0 Å². The summed E-state index contributed by atoms with van der Waals surface area (Å²) in [6, 6.07) is 13.3. The van der Waals surface area contributed by atoms with Crippen molar-refractivity contribution in [2.24, 2.45) is 0 Å². The van der Waals surface area contributed by atoms with E-state index in [-0.39, 0.29) is 17.1 Å². The molecule has 0 fully saturated rings. The Morgan fingerprint density at radius 2 is 2.04 bits per heavy atom. The van der Waals surface area contributed by atoms with Gasteiger partial charge in [0.05, 0.1) is 11.6 Å². The van der Waals surface area contributed by atoms with E-state index < -0.39 is 0 Å². The minimum atomic E-state index is -0.342. The number of halogens is 1. The van der Waals surface area contributed by atoms with Crippen LogP contribution in [-0.4, -0.2) is 11.3 Å². The average Bonchev–Trinajstić information content (AvgIpc) is 2.54. The van der Waals surface area contributed by atoms with Crippen LogP contribution in [0.15, 0.2) is 48.5 Å². The zero-order chi connectivity index (χ0) is 17.3. The normalized spacial score (nSPS) is 16.8. The van der Waals surface area contributed by atoms with Crippen LogP contribution >= 0.6 is 0 Å². The molecule has 2 aromatic carbocycles. The molecule has 0 saturated carbocycles. The van der Waals surface area contributed by atoms with Gasteiger partial charge in [-0.05, 0) is 50.1 Å². The van der Waals surface area contributed by atoms with Crippen molar-refractivity contribution in [2.45, 2.75) is 25.8 Å². The second kappa shape index (κ2) is 5.93. The van der Waals surface area contributed by atoms with Crippen LogP contribution in [0.3, 0.4) is 0 Å². The fourth-order valence-electron chi connectivity index (χ4n) is 3.02. The highest BCUT2D eigenvalue weighted by molar-refractivity contribution is 6.10. The molecule has 0 amide bonds. The van der Waals surface area contributed by atoms with E-state index in [1.54, 1.807) is 30.3 Å². The zero-order valence-corrected chi connectivity index (χ0v) is 13.6. The van der Waals surface area contributed by atoms with Gasteiger partial charge in [0.1, 0.15) is 5.82 Å². The van der Waals surface area contributed by atoms with Gasteiger partial charge in [0.25, 0.3) is 0 Å². The smallest absolute Gasteiger partial charge is 0.189 e. The predicted octanol–water partition coefficient (Wildman–Crippen LogP) is 3.85. The van der Waals surface area contributed by atoms with Crippen molar-refractivity contribution in [1.29, 1.82) is 5.26 Å². The summed E-state index contributed by atoms with van der Waals surface area (Å²) < 4.78 is 13.7. The van der Waals surface area contributed by atoms with Gasteiger partial charge in [-0.25, -0.2) is 4.39 Å². The summed E-state index contributed by atoms with van der Waals surface area (Å²) in [7, 11) is 0. The SMILES string of the molecule is CC1(C)Cc2ccc(F)cc2/C(=C/C(=O)c2ccccc2C#N)N1. The Morgan fingerprint density at radius 1 is 1.29 bits per heavy atom. The van der Waals surface area contributed by atoms with Crippen molar-refractivity contribution in [2.75, 3.05) is 0 Å². The van der Waals surface area contributed by atoms with Crippen molar-refractivity contribution in [3.05, 3.63) is 76.6 Å². The summed E-state index contributed by atoms with van der Waals surface area (Å²) in [6.07, 6.45) is 2.19. The van der Waals surface area contributed by atoms with Crippen LogP contribution in [0.2, 0.25) is 0 Å². The van der Waals surface area contributed by atoms with Crippen LogP contribution in [0.4, 0.5) is 4.39 Å². The maximum atomic E-state index is 13.7. The third-order valence-electron chi connectivity index (χ3n) is 4.06. The van der Waals surface area contributed by atoms with Gasteiger partial charge in [-0.15, -0.1) is 0 Å². The first-order valence-electron chi connectivity index (χ1n) is 7.72.